The molecule has 4 rings (SSSR count). The molecule has 0 aliphatic heterocycles. The van der Waals surface area contributed by atoms with Gasteiger partial charge in [-0.2, -0.15) is 0 Å². The topological polar surface area (TPSA) is 52.3 Å². The molecule has 0 bridgehead atoms. The Kier molecular flexibility index (Phi) is 4.35. The van der Waals surface area contributed by atoms with Crippen molar-refractivity contribution in [3.8, 4) is 17.0 Å². The van der Waals surface area contributed by atoms with Crippen LogP contribution in [0.1, 0.15) is 31.0 Å². The fraction of sp³-hybridized carbons (Fsp3) is 0.190. The van der Waals surface area contributed by atoms with Gasteiger partial charge < -0.3 is 4.74 Å². The fourth-order valence-corrected chi connectivity index (χ4v) is 2.99. The van der Waals surface area contributed by atoms with Gasteiger partial charge in [0.05, 0.1) is 5.69 Å². The van der Waals surface area contributed by atoms with Crippen LogP contribution in [0, 0.1) is 0 Å². The Labute approximate surface area is 152 Å². The van der Waals surface area contributed by atoms with Gasteiger partial charge in [0, 0.05) is 36.4 Å². The van der Waals surface area contributed by atoms with Gasteiger partial charge in [-0.15, -0.1) is 0 Å². The van der Waals surface area contributed by atoms with E-state index in [1.807, 2.05) is 35.0 Å². The molecule has 0 radical (unpaired) electrons. The molecule has 0 aliphatic carbocycles. The second kappa shape index (κ2) is 6.96. The molecule has 130 valence electrons. The molecule has 3 aromatic heterocycles. The molecule has 4 aromatic rings. The van der Waals surface area contributed by atoms with Gasteiger partial charge in [-0.25, -0.2) is 15.0 Å². The number of ether oxygens (including phenoxy) is 1. The van der Waals surface area contributed by atoms with Crippen molar-refractivity contribution in [3.05, 3.63) is 78.5 Å². The van der Waals surface area contributed by atoms with Crippen molar-refractivity contribution in [1.82, 2.24) is 19.4 Å². The van der Waals surface area contributed by atoms with Gasteiger partial charge in [-0.3, -0.25) is 4.40 Å². The summed E-state index contributed by atoms with van der Waals surface area (Å²) >= 11 is 0. The highest BCUT2D eigenvalue weighted by Gasteiger charge is 2.10. The summed E-state index contributed by atoms with van der Waals surface area (Å²) in [4.78, 5) is 13.2. The smallest absolute Gasteiger partial charge is 0.234 e. The molecule has 0 aliphatic rings. The standard InChI is InChI=1S/C21H20N4O/c1-15(2)18-7-3-4-8-19(18)16-11-23-21-24-17(13-25(21)12-16)14-26-20-9-5-6-10-22-20/h3-13,15H,14H2,1-2H3. The third kappa shape index (κ3) is 3.28. The number of benzene rings is 1. The van der Waals surface area contributed by atoms with Crippen LogP contribution in [0.3, 0.4) is 0 Å². The third-order valence-electron chi connectivity index (χ3n) is 4.26. The number of hydrogen-bond donors (Lipinski definition) is 0. The second-order valence-electron chi connectivity index (χ2n) is 6.48. The zero-order chi connectivity index (χ0) is 17.9. The van der Waals surface area contributed by atoms with E-state index in [4.69, 9.17) is 4.74 Å². The van der Waals surface area contributed by atoms with Gasteiger partial charge in [0.2, 0.25) is 11.7 Å². The molecule has 0 saturated heterocycles. The molecule has 26 heavy (non-hydrogen) atoms. The number of rotatable bonds is 5. The molecule has 0 fully saturated rings. The monoisotopic (exact) mass is 344 g/mol. The van der Waals surface area contributed by atoms with Crippen LogP contribution in [0.5, 0.6) is 5.88 Å². The van der Waals surface area contributed by atoms with Crippen LogP contribution in [-0.2, 0) is 6.61 Å². The van der Waals surface area contributed by atoms with E-state index in [9.17, 15) is 0 Å². The van der Waals surface area contributed by atoms with E-state index in [0.29, 0.717) is 24.2 Å². The largest absolute Gasteiger partial charge is 0.471 e. The summed E-state index contributed by atoms with van der Waals surface area (Å²) in [5.41, 5.74) is 4.42. The van der Waals surface area contributed by atoms with Gasteiger partial charge in [-0.1, -0.05) is 44.2 Å². The fourth-order valence-electron chi connectivity index (χ4n) is 2.99. The van der Waals surface area contributed by atoms with Crippen LogP contribution in [0.15, 0.2) is 67.3 Å². The first-order chi connectivity index (χ1) is 12.7. The van der Waals surface area contributed by atoms with Crippen molar-refractivity contribution in [2.75, 3.05) is 0 Å². The maximum absolute atomic E-state index is 5.67. The lowest BCUT2D eigenvalue weighted by Gasteiger charge is -2.12. The normalized spacial score (nSPS) is 11.2. The Morgan fingerprint density at radius 3 is 2.65 bits per heavy atom. The average Bonchev–Trinajstić information content (AvgIpc) is 3.09. The molecule has 5 heteroatoms. The SMILES string of the molecule is CC(C)c1ccccc1-c1cnc2nc(COc3ccccn3)cn2c1. The van der Waals surface area contributed by atoms with E-state index in [0.717, 1.165) is 11.3 Å². The van der Waals surface area contributed by atoms with Crippen molar-refractivity contribution in [2.24, 2.45) is 0 Å². The lowest BCUT2D eigenvalue weighted by atomic mass is 9.94. The first kappa shape index (κ1) is 16.3. The van der Waals surface area contributed by atoms with Crippen LogP contribution in [0.25, 0.3) is 16.9 Å². The molecule has 1 aromatic carbocycles. The number of nitrogens with zero attached hydrogens (tertiary/aromatic N) is 4. The molecule has 0 saturated carbocycles. The van der Waals surface area contributed by atoms with Gasteiger partial charge in [0.1, 0.15) is 6.61 Å². The number of aromatic nitrogens is 4. The van der Waals surface area contributed by atoms with E-state index < -0.39 is 0 Å². The quantitative estimate of drug-likeness (QED) is 0.535. The third-order valence-corrected chi connectivity index (χ3v) is 4.26. The lowest BCUT2D eigenvalue weighted by Crippen LogP contribution is -1.96. The molecule has 3 heterocycles. The molecule has 0 atom stereocenters. The van der Waals surface area contributed by atoms with Crippen LogP contribution in [0.2, 0.25) is 0 Å². The molecule has 0 unspecified atom stereocenters. The minimum absolute atomic E-state index is 0.359. The number of imidazole rings is 1. The Bertz CT molecular complexity index is 1020. The van der Waals surface area contributed by atoms with Crippen LogP contribution < -0.4 is 4.74 Å². The van der Waals surface area contributed by atoms with Crippen molar-refractivity contribution in [1.29, 1.82) is 0 Å². The Morgan fingerprint density at radius 1 is 1.00 bits per heavy atom. The Morgan fingerprint density at radius 2 is 1.85 bits per heavy atom. The van der Waals surface area contributed by atoms with Crippen molar-refractivity contribution in [2.45, 2.75) is 26.4 Å². The molecule has 5 nitrogen and oxygen atoms in total. The number of hydrogen-bond acceptors (Lipinski definition) is 4. The lowest BCUT2D eigenvalue weighted by molar-refractivity contribution is 0.290. The summed E-state index contributed by atoms with van der Waals surface area (Å²) in [5, 5.41) is 0. The van der Waals surface area contributed by atoms with E-state index in [1.54, 1.807) is 6.20 Å². The van der Waals surface area contributed by atoms with Gasteiger partial charge in [0.15, 0.2) is 0 Å². The number of fused-ring (bicyclic) bond motifs is 1. The maximum atomic E-state index is 5.67. The van der Waals surface area contributed by atoms with Crippen LogP contribution in [0.4, 0.5) is 0 Å². The first-order valence-electron chi connectivity index (χ1n) is 8.67. The second-order valence-corrected chi connectivity index (χ2v) is 6.48. The van der Waals surface area contributed by atoms with E-state index in [2.05, 4.69) is 59.3 Å². The summed E-state index contributed by atoms with van der Waals surface area (Å²) in [6, 6.07) is 14.0. The Balaban J connectivity index is 1.62. The van der Waals surface area contributed by atoms with E-state index >= 15 is 0 Å². The average molecular weight is 344 g/mol. The van der Waals surface area contributed by atoms with Gasteiger partial charge >= 0.3 is 0 Å². The molecular weight excluding hydrogens is 324 g/mol. The van der Waals surface area contributed by atoms with Crippen molar-refractivity contribution >= 4 is 5.78 Å². The van der Waals surface area contributed by atoms with Crippen molar-refractivity contribution in [3.63, 3.8) is 0 Å². The minimum atomic E-state index is 0.359. The zero-order valence-corrected chi connectivity index (χ0v) is 14.8. The zero-order valence-electron chi connectivity index (χ0n) is 14.8. The molecule has 0 spiro atoms. The predicted molar refractivity (Wildman–Crippen MR) is 101 cm³/mol. The van der Waals surface area contributed by atoms with E-state index in [1.165, 1.54) is 11.1 Å². The molecular formula is C21H20N4O. The minimum Gasteiger partial charge on any atom is -0.471 e. The summed E-state index contributed by atoms with van der Waals surface area (Å²) in [7, 11) is 0. The Hall–Kier alpha value is -3.21. The van der Waals surface area contributed by atoms with Crippen molar-refractivity contribution < 1.29 is 4.74 Å². The first-order valence-corrected chi connectivity index (χ1v) is 8.67. The predicted octanol–water partition coefficient (Wildman–Crippen LogP) is 4.49. The maximum Gasteiger partial charge on any atom is 0.234 e. The summed E-state index contributed by atoms with van der Waals surface area (Å²) in [5.74, 6) is 1.70. The highest BCUT2D eigenvalue weighted by Crippen LogP contribution is 2.28. The highest BCUT2D eigenvalue weighted by molar-refractivity contribution is 5.67. The molecule has 0 N–H and O–H groups in total. The van der Waals surface area contributed by atoms with Gasteiger partial charge in [0.25, 0.3) is 0 Å². The summed E-state index contributed by atoms with van der Waals surface area (Å²) in [6.07, 6.45) is 7.61. The highest BCUT2D eigenvalue weighted by atomic mass is 16.5. The van der Waals surface area contributed by atoms with Crippen LogP contribution >= 0.6 is 0 Å². The number of pyridine rings is 1. The summed E-state index contributed by atoms with van der Waals surface area (Å²) in [6.45, 7) is 4.77. The van der Waals surface area contributed by atoms with Crippen LogP contribution in [-0.4, -0.2) is 19.4 Å². The van der Waals surface area contributed by atoms with Gasteiger partial charge in [-0.05, 0) is 23.1 Å². The van der Waals surface area contributed by atoms with E-state index in [-0.39, 0.29) is 0 Å². The summed E-state index contributed by atoms with van der Waals surface area (Å²) < 4.78 is 7.62. The molecule has 0 amide bonds.